The molecule has 0 bridgehead atoms. The molecule has 5 rings (SSSR count). The minimum absolute atomic E-state index is 0.0137. The summed E-state index contributed by atoms with van der Waals surface area (Å²) in [7, 11) is 0. The number of thiazole rings is 1. The molecule has 4 aromatic rings. The molecule has 0 amide bonds. The zero-order chi connectivity index (χ0) is 20.0. The van der Waals surface area contributed by atoms with Crippen molar-refractivity contribution in [3.05, 3.63) is 45.8 Å². The van der Waals surface area contributed by atoms with E-state index >= 15 is 0 Å². The van der Waals surface area contributed by atoms with Gasteiger partial charge in [0.2, 0.25) is 0 Å². The molecule has 0 aliphatic heterocycles. The number of aromatic amines is 1. The van der Waals surface area contributed by atoms with E-state index in [0.717, 1.165) is 52.1 Å². The lowest BCUT2D eigenvalue weighted by atomic mass is 9.85. The summed E-state index contributed by atoms with van der Waals surface area (Å²) in [5.41, 5.74) is 2.40. The number of rotatable bonds is 3. The largest absolute Gasteiger partial charge is 0.338 e. The first-order chi connectivity index (χ1) is 14.1. The number of aromatic nitrogens is 4. The topological polar surface area (TPSA) is 99.4 Å². The smallest absolute Gasteiger partial charge is 0.261 e. The van der Waals surface area contributed by atoms with Gasteiger partial charge in [-0.05, 0) is 44.0 Å². The second-order valence-corrected chi connectivity index (χ2v) is 8.72. The van der Waals surface area contributed by atoms with Gasteiger partial charge >= 0.3 is 0 Å². The highest BCUT2D eigenvalue weighted by atomic mass is 32.1. The molecule has 1 saturated carbocycles. The molecule has 1 fully saturated rings. The van der Waals surface area contributed by atoms with Crippen LogP contribution in [-0.4, -0.2) is 19.7 Å². The number of nitrogens with one attached hydrogen (secondary N) is 2. The van der Waals surface area contributed by atoms with Crippen LogP contribution in [0.15, 0.2) is 35.3 Å². The van der Waals surface area contributed by atoms with Crippen molar-refractivity contribution in [3.8, 4) is 6.07 Å². The number of benzene rings is 1. The summed E-state index contributed by atoms with van der Waals surface area (Å²) in [4.78, 5) is 19.9. The molecule has 0 unspecified atom stereocenters. The lowest BCUT2D eigenvalue weighted by molar-refractivity contribution is 0.277. The second-order valence-electron chi connectivity index (χ2n) is 7.49. The first-order valence-electron chi connectivity index (χ1n) is 9.78. The Morgan fingerprint density at radius 2 is 2.17 bits per heavy atom. The maximum absolute atomic E-state index is 12.6. The molecule has 2 N–H and O–H groups in total. The van der Waals surface area contributed by atoms with Crippen molar-refractivity contribution < 1.29 is 0 Å². The summed E-state index contributed by atoms with van der Waals surface area (Å²) < 4.78 is 2.97. The van der Waals surface area contributed by atoms with Crippen LogP contribution in [0.2, 0.25) is 0 Å². The Hall–Kier alpha value is -3.18. The van der Waals surface area contributed by atoms with Crippen molar-refractivity contribution in [3.63, 3.8) is 0 Å². The molecule has 2 atom stereocenters. The third-order valence-corrected chi connectivity index (χ3v) is 6.53. The fourth-order valence-corrected chi connectivity index (χ4v) is 5.12. The average Bonchev–Trinajstić information content (AvgIpc) is 3.28. The second kappa shape index (κ2) is 7.01. The van der Waals surface area contributed by atoms with E-state index in [1.165, 1.54) is 0 Å². The van der Waals surface area contributed by atoms with Crippen LogP contribution < -0.4 is 10.9 Å². The number of H-pyrrole nitrogens is 1. The lowest BCUT2D eigenvalue weighted by Gasteiger charge is -2.27. The summed E-state index contributed by atoms with van der Waals surface area (Å²) >= 11 is 1.63. The number of hydrogen-bond acceptors (Lipinski definition) is 6. The van der Waals surface area contributed by atoms with Crippen LogP contribution in [-0.2, 0) is 0 Å². The van der Waals surface area contributed by atoms with E-state index < -0.39 is 0 Å². The molecular formula is C21H20N6OS. The predicted octanol–water partition coefficient (Wildman–Crippen LogP) is 4.64. The molecular weight excluding hydrogens is 384 g/mol. The highest BCUT2D eigenvalue weighted by Crippen LogP contribution is 2.36. The number of nitrogens with zero attached hydrogens (tertiary/aromatic N) is 4. The van der Waals surface area contributed by atoms with Crippen LogP contribution in [0.1, 0.15) is 36.7 Å². The molecule has 3 heterocycles. The molecule has 0 radical (unpaired) electrons. The number of nitriles is 1. The normalized spacial score (nSPS) is 19.4. The highest BCUT2D eigenvalue weighted by molar-refractivity contribution is 7.18. The van der Waals surface area contributed by atoms with E-state index in [4.69, 9.17) is 5.10 Å². The average molecular weight is 404 g/mol. The quantitative estimate of drug-likeness (QED) is 0.518. The lowest BCUT2D eigenvalue weighted by Crippen LogP contribution is -2.23. The van der Waals surface area contributed by atoms with Gasteiger partial charge in [-0.1, -0.05) is 12.8 Å². The number of fused-ring (bicyclic) bond motifs is 2. The molecule has 1 aliphatic rings. The first kappa shape index (κ1) is 17.9. The number of pyridine rings is 1. The molecule has 1 aliphatic carbocycles. The predicted molar refractivity (Wildman–Crippen MR) is 115 cm³/mol. The number of hydrogen-bond donors (Lipinski definition) is 2. The maximum atomic E-state index is 12.6. The first-order valence-corrected chi connectivity index (χ1v) is 10.6. The maximum Gasteiger partial charge on any atom is 0.261 e. The Morgan fingerprint density at radius 3 is 3.03 bits per heavy atom. The van der Waals surface area contributed by atoms with Crippen molar-refractivity contribution in [1.82, 2.24) is 19.7 Å². The van der Waals surface area contributed by atoms with Crippen molar-refractivity contribution >= 4 is 44.0 Å². The SMILES string of the molecule is Cc1nc2ccc(Nc3nn([C@H]4CCCC[C@@H]4C#N)c4cc[nH]c(=O)c34)cc2s1. The number of anilines is 2. The van der Waals surface area contributed by atoms with Gasteiger partial charge in [-0.15, -0.1) is 11.3 Å². The van der Waals surface area contributed by atoms with Crippen molar-refractivity contribution in [2.75, 3.05) is 5.32 Å². The Labute approximate surface area is 171 Å². The van der Waals surface area contributed by atoms with Crippen LogP contribution in [0.25, 0.3) is 21.1 Å². The van der Waals surface area contributed by atoms with Crippen LogP contribution >= 0.6 is 11.3 Å². The summed E-state index contributed by atoms with van der Waals surface area (Å²) in [5.74, 6) is 0.431. The summed E-state index contributed by atoms with van der Waals surface area (Å²) in [5, 5.41) is 19.3. The summed E-state index contributed by atoms with van der Waals surface area (Å²) in [6.07, 6.45) is 5.54. The zero-order valence-corrected chi connectivity index (χ0v) is 16.8. The third-order valence-electron chi connectivity index (χ3n) is 5.60. The highest BCUT2D eigenvalue weighted by Gasteiger charge is 2.29. The van der Waals surface area contributed by atoms with Gasteiger partial charge in [0.25, 0.3) is 5.56 Å². The van der Waals surface area contributed by atoms with Crippen molar-refractivity contribution in [2.45, 2.75) is 38.6 Å². The van der Waals surface area contributed by atoms with Crippen molar-refractivity contribution in [2.24, 2.45) is 5.92 Å². The van der Waals surface area contributed by atoms with Gasteiger partial charge in [0.15, 0.2) is 5.82 Å². The van der Waals surface area contributed by atoms with Crippen molar-refractivity contribution in [1.29, 1.82) is 5.26 Å². The van der Waals surface area contributed by atoms with Gasteiger partial charge in [-0.25, -0.2) is 4.98 Å². The molecule has 8 heteroatoms. The van der Waals surface area contributed by atoms with E-state index in [9.17, 15) is 10.1 Å². The standard InChI is InChI=1S/C21H20N6OS/c1-12-24-15-7-6-14(10-18(15)29-12)25-20-19-17(8-9-23-21(19)28)27(26-20)16-5-3-2-4-13(16)11-22/h6-10,13,16H,2-5H2,1H3,(H,23,28)(H,25,26)/t13-,16+/m1/s1. The van der Waals surface area contributed by atoms with Gasteiger partial charge in [-0.2, -0.15) is 10.4 Å². The van der Waals surface area contributed by atoms with Crippen LogP contribution in [0.3, 0.4) is 0 Å². The molecule has 29 heavy (non-hydrogen) atoms. The Balaban J connectivity index is 1.61. The molecule has 0 saturated heterocycles. The monoisotopic (exact) mass is 404 g/mol. The molecule has 3 aromatic heterocycles. The van der Waals surface area contributed by atoms with Gasteiger partial charge < -0.3 is 10.3 Å². The molecule has 7 nitrogen and oxygen atoms in total. The van der Waals surface area contributed by atoms with Crippen LogP contribution in [0, 0.1) is 24.2 Å². The Bertz CT molecular complexity index is 1310. The Morgan fingerprint density at radius 1 is 1.31 bits per heavy atom. The third kappa shape index (κ3) is 3.08. The zero-order valence-electron chi connectivity index (χ0n) is 16.0. The van der Waals surface area contributed by atoms with Gasteiger partial charge in [-0.3, -0.25) is 9.48 Å². The Kier molecular flexibility index (Phi) is 4.32. The van der Waals surface area contributed by atoms with E-state index in [-0.39, 0.29) is 17.5 Å². The van der Waals surface area contributed by atoms with E-state index in [1.54, 1.807) is 17.5 Å². The van der Waals surface area contributed by atoms with Gasteiger partial charge in [0.05, 0.1) is 38.8 Å². The van der Waals surface area contributed by atoms with E-state index in [1.807, 2.05) is 35.9 Å². The number of aryl methyl sites for hydroxylation is 1. The van der Waals surface area contributed by atoms with Gasteiger partial charge in [0, 0.05) is 11.9 Å². The summed E-state index contributed by atoms with van der Waals surface area (Å²) in [6.45, 7) is 1.99. The molecule has 0 spiro atoms. The minimum Gasteiger partial charge on any atom is -0.338 e. The fraction of sp³-hybridized carbons (Fsp3) is 0.333. The molecule has 146 valence electrons. The van der Waals surface area contributed by atoms with Gasteiger partial charge in [0.1, 0.15) is 5.39 Å². The fourth-order valence-electron chi connectivity index (χ4n) is 4.25. The van der Waals surface area contributed by atoms with Crippen LogP contribution in [0.5, 0.6) is 0 Å². The van der Waals surface area contributed by atoms with Crippen LogP contribution in [0.4, 0.5) is 11.5 Å². The van der Waals surface area contributed by atoms with E-state index in [2.05, 4.69) is 21.4 Å². The summed E-state index contributed by atoms with van der Waals surface area (Å²) in [6, 6.07) is 10.2. The molecule has 1 aromatic carbocycles. The minimum atomic E-state index is -0.185. The van der Waals surface area contributed by atoms with E-state index in [0.29, 0.717) is 11.2 Å².